The summed E-state index contributed by atoms with van der Waals surface area (Å²) in [5, 5.41) is 0. The smallest absolute Gasteiger partial charge is 0.154 e. The Bertz CT molecular complexity index is 103. The van der Waals surface area contributed by atoms with Gasteiger partial charge < -0.3 is 5.73 Å². The Morgan fingerprint density at radius 3 is 2.11 bits per heavy atom. The molecular formula is C6H14N2O. The van der Waals surface area contributed by atoms with Gasteiger partial charge in [-0.15, -0.1) is 0 Å². The molecule has 0 heterocycles. The van der Waals surface area contributed by atoms with Crippen LogP contribution in [0.1, 0.15) is 13.3 Å². The van der Waals surface area contributed by atoms with E-state index in [1.54, 1.807) is 19.0 Å². The molecule has 0 amide bonds. The highest BCUT2D eigenvalue weighted by atomic mass is 16.1. The summed E-state index contributed by atoms with van der Waals surface area (Å²) in [6, 6.07) is 0. The van der Waals surface area contributed by atoms with E-state index in [0.29, 0.717) is 6.42 Å². The lowest BCUT2D eigenvalue weighted by atomic mass is 10.1. The molecule has 54 valence electrons. The number of hydrogen-bond donors (Lipinski definition) is 1. The molecule has 3 heteroatoms. The molecule has 0 aromatic carbocycles. The monoisotopic (exact) mass is 130 g/mol. The third-order valence-corrected chi connectivity index (χ3v) is 1.60. The number of aldehydes is 1. The van der Waals surface area contributed by atoms with Gasteiger partial charge in [0.1, 0.15) is 5.66 Å². The molecule has 0 aliphatic heterocycles. The van der Waals surface area contributed by atoms with Crippen molar-refractivity contribution in [3.8, 4) is 0 Å². The highest BCUT2D eigenvalue weighted by Crippen LogP contribution is 2.03. The zero-order chi connectivity index (χ0) is 7.49. The number of hydrogen-bond acceptors (Lipinski definition) is 3. The molecule has 2 N–H and O–H groups in total. The molecule has 0 spiro atoms. The first-order chi connectivity index (χ1) is 4.06. The van der Waals surface area contributed by atoms with Crippen molar-refractivity contribution < 1.29 is 4.79 Å². The first kappa shape index (κ1) is 8.59. The minimum atomic E-state index is -0.764. The average molecular weight is 130 g/mol. The summed E-state index contributed by atoms with van der Waals surface area (Å²) in [4.78, 5) is 12.0. The van der Waals surface area contributed by atoms with Crippen LogP contribution in [0.15, 0.2) is 0 Å². The molecule has 0 rings (SSSR count). The first-order valence-corrected chi connectivity index (χ1v) is 2.99. The molecule has 0 radical (unpaired) electrons. The van der Waals surface area contributed by atoms with E-state index in [1.165, 1.54) is 0 Å². The second kappa shape index (κ2) is 2.94. The van der Waals surface area contributed by atoms with Gasteiger partial charge in [-0.05, 0) is 20.5 Å². The van der Waals surface area contributed by atoms with Crippen LogP contribution in [0.3, 0.4) is 0 Å². The maximum Gasteiger partial charge on any atom is 0.154 e. The van der Waals surface area contributed by atoms with Crippen LogP contribution in [0.5, 0.6) is 0 Å². The molecule has 3 nitrogen and oxygen atoms in total. The van der Waals surface area contributed by atoms with E-state index >= 15 is 0 Å². The summed E-state index contributed by atoms with van der Waals surface area (Å²) in [6.07, 6.45) is 1.41. The summed E-state index contributed by atoms with van der Waals surface area (Å²) in [5.74, 6) is 0. The predicted molar refractivity (Wildman–Crippen MR) is 37.0 cm³/mol. The lowest BCUT2D eigenvalue weighted by Crippen LogP contribution is -2.53. The minimum Gasteiger partial charge on any atom is -0.307 e. The fraction of sp³-hybridized carbons (Fsp3) is 0.833. The van der Waals surface area contributed by atoms with E-state index in [4.69, 9.17) is 5.73 Å². The predicted octanol–water partition coefficient (Wildman–Crippen LogP) is -0.188. The van der Waals surface area contributed by atoms with Crippen LogP contribution in [0.25, 0.3) is 0 Å². The molecule has 0 aliphatic carbocycles. The van der Waals surface area contributed by atoms with Crippen LogP contribution in [0, 0.1) is 0 Å². The maximum atomic E-state index is 10.3. The van der Waals surface area contributed by atoms with E-state index in [0.717, 1.165) is 6.29 Å². The third-order valence-electron chi connectivity index (χ3n) is 1.60. The standard InChI is InChI=1S/C6H14N2O/c1-4-6(7,5-9)8(2)3/h5H,4,7H2,1-3H3. The summed E-state index contributed by atoms with van der Waals surface area (Å²) in [6.45, 7) is 1.88. The van der Waals surface area contributed by atoms with Crippen LogP contribution < -0.4 is 5.73 Å². The molecule has 0 saturated heterocycles. The molecular weight excluding hydrogens is 116 g/mol. The zero-order valence-electron chi connectivity index (χ0n) is 6.22. The zero-order valence-corrected chi connectivity index (χ0v) is 6.22. The summed E-state index contributed by atoms with van der Waals surface area (Å²) in [7, 11) is 3.58. The van der Waals surface area contributed by atoms with Gasteiger partial charge in [0.05, 0.1) is 0 Å². The highest BCUT2D eigenvalue weighted by Gasteiger charge is 2.23. The van der Waals surface area contributed by atoms with Crippen molar-refractivity contribution in [2.45, 2.75) is 19.0 Å². The molecule has 1 unspecified atom stereocenters. The molecule has 0 fully saturated rings. The number of likely N-dealkylation sites (N-methyl/N-ethyl adjacent to an activating group) is 1. The van der Waals surface area contributed by atoms with Crippen LogP contribution >= 0.6 is 0 Å². The van der Waals surface area contributed by atoms with E-state index in [-0.39, 0.29) is 0 Å². The van der Waals surface area contributed by atoms with Gasteiger partial charge in [-0.3, -0.25) is 9.69 Å². The van der Waals surface area contributed by atoms with E-state index in [1.807, 2.05) is 6.92 Å². The van der Waals surface area contributed by atoms with Crippen molar-refractivity contribution in [1.29, 1.82) is 0 Å². The van der Waals surface area contributed by atoms with Gasteiger partial charge >= 0.3 is 0 Å². The second-order valence-electron chi connectivity index (χ2n) is 2.36. The lowest BCUT2D eigenvalue weighted by Gasteiger charge is -2.28. The topological polar surface area (TPSA) is 46.3 Å². The van der Waals surface area contributed by atoms with E-state index in [2.05, 4.69) is 0 Å². The van der Waals surface area contributed by atoms with Crippen molar-refractivity contribution >= 4 is 6.29 Å². The molecule has 0 aromatic heterocycles. The van der Waals surface area contributed by atoms with Gasteiger partial charge in [0.15, 0.2) is 6.29 Å². The number of carbonyl (C=O) groups excluding carboxylic acids is 1. The van der Waals surface area contributed by atoms with Crippen LogP contribution in [-0.4, -0.2) is 30.9 Å². The van der Waals surface area contributed by atoms with Crippen molar-refractivity contribution in [3.05, 3.63) is 0 Å². The first-order valence-electron chi connectivity index (χ1n) is 2.99. The van der Waals surface area contributed by atoms with Crippen LogP contribution in [0.4, 0.5) is 0 Å². The van der Waals surface area contributed by atoms with Crippen molar-refractivity contribution in [1.82, 2.24) is 4.90 Å². The molecule has 0 bridgehead atoms. The summed E-state index contributed by atoms with van der Waals surface area (Å²) in [5.41, 5.74) is 4.83. The fourth-order valence-corrected chi connectivity index (χ4v) is 0.505. The van der Waals surface area contributed by atoms with Gasteiger partial charge in [0, 0.05) is 0 Å². The lowest BCUT2D eigenvalue weighted by molar-refractivity contribution is -0.117. The Balaban J connectivity index is 4.08. The molecule has 9 heavy (non-hydrogen) atoms. The number of rotatable bonds is 3. The molecule has 0 saturated carbocycles. The minimum absolute atomic E-state index is 0.642. The summed E-state index contributed by atoms with van der Waals surface area (Å²) < 4.78 is 0. The SMILES string of the molecule is CCC(N)(C=O)N(C)C. The quantitative estimate of drug-likeness (QED) is 0.425. The van der Waals surface area contributed by atoms with Gasteiger partial charge in [-0.25, -0.2) is 0 Å². The maximum absolute atomic E-state index is 10.3. The molecule has 0 aliphatic rings. The average Bonchev–Trinajstić information content (AvgIpc) is 1.86. The van der Waals surface area contributed by atoms with Crippen molar-refractivity contribution in [3.63, 3.8) is 0 Å². The summed E-state index contributed by atoms with van der Waals surface area (Å²) >= 11 is 0. The Morgan fingerprint density at radius 1 is 1.67 bits per heavy atom. The Hall–Kier alpha value is -0.410. The largest absolute Gasteiger partial charge is 0.307 e. The highest BCUT2D eigenvalue weighted by molar-refractivity contribution is 5.62. The third kappa shape index (κ3) is 1.77. The van der Waals surface area contributed by atoms with Gasteiger partial charge in [-0.1, -0.05) is 6.92 Å². The Labute approximate surface area is 55.8 Å². The number of carbonyl (C=O) groups is 1. The normalized spacial score (nSPS) is 17.4. The Kier molecular flexibility index (Phi) is 2.81. The van der Waals surface area contributed by atoms with Gasteiger partial charge in [0.25, 0.3) is 0 Å². The van der Waals surface area contributed by atoms with Crippen LogP contribution in [0.2, 0.25) is 0 Å². The van der Waals surface area contributed by atoms with Crippen LogP contribution in [-0.2, 0) is 4.79 Å². The molecule has 0 aromatic rings. The fourth-order valence-electron chi connectivity index (χ4n) is 0.505. The van der Waals surface area contributed by atoms with Crippen molar-refractivity contribution in [2.24, 2.45) is 5.73 Å². The van der Waals surface area contributed by atoms with Crippen molar-refractivity contribution in [2.75, 3.05) is 14.1 Å². The van der Waals surface area contributed by atoms with E-state index in [9.17, 15) is 4.79 Å². The second-order valence-corrected chi connectivity index (χ2v) is 2.36. The van der Waals surface area contributed by atoms with E-state index < -0.39 is 5.66 Å². The number of nitrogens with two attached hydrogens (primary N) is 1. The Morgan fingerprint density at radius 2 is 2.11 bits per heavy atom. The van der Waals surface area contributed by atoms with Gasteiger partial charge in [0.2, 0.25) is 0 Å². The molecule has 1 atom stereocenters. The number of nitrogens with zero attached hydrogens (tertiary/aromatic N) is 1. The van der Waals surface area contributed by atoms with Gasteiger partial charge in [-0.2, -0.15) is 0 Å².